The van der Waals surface area contributed by atoms with Crippen LogP contribution in [0.3, 0.4) is 0 Å². The molecule has 666 valence electrons. The molecule has 7 amide bonds. The number of H-pyrrole nitrogens is 4. The van der Waals surface area contributed by atoms with Gasteiger partial charge in [0.1, 0.15) is 47.0 Å². The minimum Gasteiger partial charge on any atom is -0.453 e. The summed E-state index contributed by atoms with van der Waals surface area (Å²) in [7, 11) is 3.95. The normalized spacial score (nSPS) is 22.3. The van der Waals surface area contributed by atoms with Gasteiger partial charge in [-0.3, -0.25) is 19.3 Å². The number of piperidine rings is 2. The van der Waals surface area contributed by atoms with Gasteiger partial charge >= 0.3 is 24.4 Å². The quantitative estimate of drug-likeness (QED) is 0.0370. The number of nitrogens with zero attached hydrogens (tertiary/aromatic N) is 8. The molecule has 126 heavy (non-hydrogen) atoms. The molecule has 6 aromatic carbocycles. The van der Waals surface area contributed by atoms with Crippen molar-refractivity contribution in [3.05, 3.63) is 169 Å². The third-order valence-corrected chi connectivity index (χ3v) is 27.7. The van der Waals surface area contributed by atoms with Crippen LogP contribution >= 0.6 is 0 Å². The zero-order valence-corrected chi connectivity index (χ0v) is 71.6. The van der Waals surface area contributed by atoms with E-state index in [1.165, 1.54) is 21.3 Å². The Kier molecular flexibility index (Phi) is 25.3. The Balaban J connectivity index is 0.000000191. The number of alkyl carbamates (subject to hydrolysis) is 3. The van der Waals surface area contributed by atoms with Gasteiger partial charge in [0, 0.05) is 49.5 Å². The fourth-order valence-corrected chi connectivity index (χ4v) is 20.7. The molecule has 10 aromatic rings. The number of rotatable bonds is 19. The van der Waals surface area contributed by atoms with E-state index in [0.29, 0.717) is 51.0 Å². The first-order valence-electron chi connectivity index (χ1n) is 43.8. The fraction of sp³-hybridized carbons (Fsp3) is 0.485. The molecule has 9 heterocycles. The zero-order valence-electron chi connectivity index (χ0n) is 71.6. The molecular formula is C99H123N15O12. The lowest BCUT2D eigenvalue weighted by Gasteiger charge is -2.39. The van der Waals surface area contributed by atoms with Crippen LogP contribution in [0.1, 0.15) is 208 Å². The van der Waals surface area contributed by atoms with Crippen molar-refractivity contribution in [2.75, 3.05) is 47.6 Å². The average molecular weight is 1720 g/mol. The first-order valence-corrected chi connectivity index (χ1v) is 43.8. The molecule has 11 atom stereocenters. The smallest absolute Gasteiger partial charge is 0.411 e. The highest BCUT2D eigenvalue weighted by atomic mass is 16.6. The maximum Gasteiger partial charge on any atom is 0.411 e. The number of aromatic nitrogens is 8. The number of hydrogen-bond donors (Lipinski definition) is 7. The predicted octanol–water partition coefficient (Wildman–Crippen LogP) is 19.0. The van der Waals surface area contributed by atoms with E-state index in [9.17, 15) is 33.6 Å². The van der Waals surface area contributed by atoms with Crippen molar-refractivity contribution in [3.63, 3.8) is 0 Å². The number of methoxy groups -OCH3 is 3. The Labute approximate surface area is 737 Å². The monoisotopic (exact) mass is 1710 g/mol. The Bertz CT molecular complexity index is 5650. The van der Waals surface area contributed by atoms with E-state index >= 15 is 0 Å². The molecule has 27 heteroatoms. The second-order valence-corrected chi connectivity index (χ2v) is 37.6. The number of amides is 7. The standard InChI is InChI=1S/C50H58N8O7.C46H53N7O5.3CH4/c1-28(2)41(55-48(61)63-3)46(59)57-27-50(17-18-50)24-40(57)44-51-26-39(53-44)35-12-11-33-21-32(9-10-34(33)22-35)29-5-7-30(8-6-29)38-25-52-45(54-38)43-36-13-14-37(23-36)58(43)47(60)42(56-49(62)64-4)31-15-19-65-20-16-31;1-26(2)38(51-43(55)57-6)42(54)52-25-46(17-18-46)22-37(52)40-47-24-36(49-40)32-14-13-30-19-29(11-12-31(30)20-32)27-7-9-28(10-8-27)35-23-48-41(50-35)39-33-15-16-34(21-33)53(39)44(56)58-45(3,4)5;;;/h5-12,21-22,25-26,28,31,36-37,40-43H,13-20,23-24,27H2,1-4H3,(H,51,53)(H,52,54)(H,55,61)(H,56,62);7-14,19-20,23-24,26,33-34,37-39H,15-18,21-22,25H2,1-6H3,(H,47,49)(H,48,50)(H,51,55);3*1H4/t36-,37+,40-,41-,42-,43-;33-,34+,37-,38-,39-;;;/m00.../s1. The summed E-state index contributed by atoms with van der Waals surface area (Å²) < 4.78 is 26.0. The minimum atomic E-state index is -0.689. The second kappa shape index (κ2) is 35.9. The molecule has 9 fully saturated rings. The van der Waals surface area contributed by atoms with Gasteiger partial charge in [-0.2, -0.15) is 0 Å². The van der Waals surface area contributed by atoms with E-state index in [-0.39, 0.29) is 111 Å². The summed E-state index contributed by atoms with van der Waals surface area (Å²) in [5.41, 5.74) is 11.8. The van der Waals surface area contributed by atoms with Crippen molar-refractivity contribution in [3.8, 4) is 67.3 Å². The summed E-state index contributed by atoms with van der Waals surface area (Å²) in [4.78, 5) is 133. The Morgan fingerprint density at radius 2 is 0.786 bits per heavy atom. The topological polar surface area (TPSA) is 329 Å². The number of aromatic amines is 4. The Hall–Kier alpha value is -11.9. The maximum absolute atomic E-state index is 14.4. The molecule has 4 aromatic heterocycles. The van der Waals surface area contributed by atoms with Crippen molar-refractivity contribution in [1.82, 2.24) is 75.4 Å². The number of ether oxygens (including phenoxy) is 5. The van der Waals surface area contributed by atoms with E-state index in [2.05, 4.69) is 157 Å². The highest BCUT2D eigenvalue weighted by Gasteiger charge is 2.58. The number of benzene rings is 6. The van der Waals surface area contributed by atoms with Gasteiger partial charge in [-0.25, -0.2) is 39.1 Å². The van der Waals surface area contributed by atoms with Gasteiger partial charge < -0.3 is 74.3 Å². The lowest BCUT2D eigenvalue weighted by molar-refractivity contribution is -0.140. The highest BCUT2D eigenvalue weighted by Crippen LogP contribution is 2.60. The maximum atomic E-state index is 14.4. The van der Waals surface area contributed by atoms with Crippen molar-refractivity contribution >= 4 is 63.6 Å². The van der Waals surface area contributed by atoms with Crippen LogP contribution in [0.5, 0.6) is 0 Å². The van der Waals surface area contributed by atoms with Gasteiger partial charge in [0.15, 0.2) is 0 Å². The van der Waals surface area contributed by atoms with Crippen molar-refractivity contribution < 1.29 is 57.2 Å². The number of hydrogen-bond acceptors (Lipinski definition) is 16. The number of carbonyl (C=O) groups excluding carboxylic acids is 7. The van der Waals surface area contributed by atoms with E-state index in [4.69, 9.17) is 43.6 Å². The molecule has 5 saturated heterocycles. The second-order valence-electron chi connectivity index (χ2n) is 37.6. The molecule has 2 spiro atoms. The van der Waals surface area contributed by atoms with Crippen LogP contribution in [0.15, 0.2) is 146 Å². The summed E-state index contributed by atoms with van der Waals surface area (Å²) in [6.45, 7) is 15.9. The first kappa shape index (κ1) is 89.0. The van der Waals surface area contributed by atoms with Gasteiger partial charge in [-0.1, -0.05) is 147 Å². The molecular weight excluding hydrogens is 1590 g/mol. The molecule has 7 N–H and O–H groups in total. The number of carbonyl (C=O) groups is 7. The highest BCUT2D eigenvalue weighted by molar-refractivity contribution is 5.93. The SMILES string of the molecule is C.C.C.COC(=O)N[C@H](C(=O)N1CC2(CC2)C[C@H]1c1ncc(-c2ccc3cc(-c4ccc(-c5cnc([C@@H]6[C@H]7CC[C@H](C7)N6C(=O)OC(C)(C)C)[nH]5)cc4)ccc3c2)[nH]1)C(C)C.COC(=O)N[C@H](C(=O)N1CC2(CC2)C[C@H]1c1ncc(-c2ccc3cc(-c4ccc(-c5cnc([C@@H]6[C@H]7CC[C@H](C7)N6C(=O)[C@@H](NC(=O)OC)C6CCOCC6)[nH]5)cc4)ccc3c2)[nH]1)C(C)C. The van der Waals surface area contributed by atoms with E-state index in [1.807, 2.05) is 92.9 Å². The molecule has 5 aliphatic heterocycles. The Morgan fingerprint density at radius 3 is 1.18 bits per heavy atom. The number of likely N-dealkylation sites (tertiary alicyclic amines) is 4. The van der Waals surface area contributed by atoms with Crippen LogP contribution < -0.4 is 16.0 Å². The van der Waals surface area contributed by atoms with E-state index in [0.717, 1.165) is 189 Å². The molecule has 9 aliphatic rings. The van der Waals surface area contributed by atoms with Gasteiger partial charge in [0.05, 0.1) is 93.1 Å². The van der Waals surface area contributed by atoms with E-state index in [1.54, 1.807) is 0 Å². The summed E-state index contributed by atoms with van der Waals surface area (Å²) >= 11 is 0. The van der Waals surface area contributed by atoms with Crippen LogP contribution in [-0.4, -0.2) is 185 Å². The number of fused-ring (bicyclic) bond motifs is 6. The molecule has 0 unspecified atom stereocenters. The lowest BCUT2D eigenvalue weighted by Crippen LogP contribution is -2.55. The largest absolute Gasteiger partial charge is 0.453 e. The van der Waals surface area contributed by atoms with Crippen LogP contribution in [-0.2, 0) is 38.1 Å². The van der Waals surface area contributed by atoms with Gasteiger partial charge in [-0.15, -0.1) is 0 Å². The third kappa shape index (κ3) is 17.8. The van der Waals surface area contributed by atoms with Crippen LogP contribution in [0.2, 0.25) is 0 Å². The van der Waals surface area contributed by atoms with Crippen molar-refractivity contribution in [1.29, 1.82) is 0 Å². The molecule has 27 nitrogen and oxygen atoms in total. The summed E-state index contributed by atoms with van der Waals surface area (Å²) in [5, 5.41) is 12.8. The molecule has 19 rings (SSSR count). The van der Waals surface area contributed by atoms with Gasteiger partial charge in [0.2, 0.25) is 17.7 Å². The average Bonchev–Trinajstić information content (AvgIpc) is 1.62. The van der Waals surface area contributed by atoms with E-state index < -0.39 is 42.0 Å². The van der Waals surface area contributed by atoms with Gasteiger partial charge in [-0.05, 0) is 230 Å². The van der Waals surface area contributed by atoms with Crippen LogP contribution in [0, 0.1) is 40.4 Å². The molecule has 4 bridgehead atoms. The van der Waals surface area contributed by atoms with Gasteiger partial charge in [0.25, 0.3) is 0 Å². The lowest BCUT2D eigenvalue weighted by atomic mass is 9.89. The van der Waals surface area contributed by atoms with Crippen LogP contribution in [0.4, 0.5) is 19.2 Å². The fourth-order valence-electron chi connectivity index (χ4n) is 20.7. The molecule has 4 saturated carbocycles. The summed E-state index contributed by atoms with van der Waals surface area (Å²) in [6.07, 6.45) is 18.9. The number of imidazole rings is 4. The first-order chi connectivity index (χ1) is 59.3. The zero-order chi connectivity index (χ0) is 85.5. The molecule has 4 aliphatic carbocycles. The summed E-state index contributed by atoms with van der Waals surface area (Å²) in [5.74, 6) is 3.32. The third-order valence-electron chi connectivity index (χ3n) is 27.7. The molecule has 0 radical (unpaired) electrons. The van der Waals surface area contributed by atoms with Crippen molar-refractivity contribution in [2.24, 2.45) is 40.4 Å². The van der Waals surface area contributed by atoms with Crippen LogP contribution in [0.25, 0.3) is 88.8 Å². The predicted molar refractivity (Wildman–Crippen MR) is 485 cm³/mol. The van der Waals surface area contributed by atoms with Crippen molar-refractivity contribution in [2.45, 2.75) is 221 Å². The minimum absolute atomic E-state index is 0. The number of nitrogens with one attached hydrogen (secondary N) is 7. The Morgan fingerprint density at radius 1 is 0.437 bits per heavy atom. The summed E-state index contributed by atoms with van der Waals surface area (Å²) in [6, 6.07) is 40.4.